The Bertz CT molecular complexity index is 1080. The van der Waals surface area contributed by atoms with E-state index < -0.39 is 16.0 Å². The molecule has 1 aliphatic heterocycles. The largest absolute Gasteiger partial charge is 0.351 e. The first-order valence-electron chi connectivity index (χ1n) is 10.3. The molecule has 0 aromatic carbocycles. The van der Waals surface area contributed by atoms with E-state index in [1.54, 1.807) is 22.9 Å². The van der Waals surface area contributed by atoms with Crippen LogP contribution in [-0.4, -0.2) is 52.6 Å². The summed E-state index contributed by atoms with van der Waals surface area (Å²) < 4.78 is 35.3. The zero-order chi connectivity index (χ0) is 20.8. The number of anilines is 1. The van der Waals surface area contributed by atoms with E-state index in [1.165, 1.54) is 10.6 Å². The van der Waals surface area contributed by atoms with Crippen molar-refractivity contribution in [3.8, 4) is 0 Å². The van der Waals surface area contributed by atoms with E-state index in [0.717, 1.165) is 24.6 Å². The van der Waals surface area contributed by atoms with Crippen molar-refractivity contribution in [2.45, 2.75) is 51.1 Å². The summed E-state index contributed by atoms with van der Waals surface area (Å²) in [5.74, 6) is 0.706. The third kappa shape index (κ3) is 3.77. The Labute approximate surface area is 166 Å². The van der Waals surface area contributed by atoms with Gasteiger partial charge in [0.2, 0.25) is 16.0 Å². The molecule has 4 rings (SSSR count). The Morgan fingerprint density at radius 1 is 1.21 bits per heavy atom. The summed E-state index contributed by atoms with van der Waals surface area (Å²) in [6.45, 7) is 2.73. The van der Waals surface area contributed by atoms with Crippen LogP contribution >= 0.6 is 0 Å². The van der Waals surface area contributed by atoms with E-state index in [-0.39, 0.29) is 24.7 Å². The Balaban J connectivity index is 1.63. The van der Waals surface area contributed by atoms with Gasteiger partial charge < -0.3 is 5.32 Å². The fourth-order valence-corrected chi connectivity index (χ4v) is 5.15. The van der Waals surface area contributed by atoms with Gasteiger partial charge in [-0.25, -0.2) is 17.7 Å². The summed E-state index contributed by atoms with van der Waals surface area (Å²) in [6, 6.07) is 2.38. The maximum atomic E-state index is 12.6. The minimum absolute atomic E-state index is 0.0667. The molecular formula is C19H27N5O3S. The zero-order valence-corrected chi connectivity index (χ0v) is 17.1. The molecule has 2 aromatic heterocycles. The number of hydrogen-bond acceptors (Lipinski definition) is 6. The predicted octanol–water partition coefficient (Wildman–Crippen LogP) is 1.99. The van der Waals surface area contributed by atoms with Crippen LogP contribution < -0.4 is 10.9 Å². The maximum absolute atomic E-state index is 12.6. The van der Waals surface area contributed by atoms with Gasteiger partial charge in [0.05, 0.1) is 7.63 Å². The number of nitrogens with zero attached hydrogens (tertiary/aromatic N) is 4. The highest BCUT2D eigenvalue weighted by molar-refractivity contribution is 7.88. The molecule has 8 nitrogen and oxygen atoms in total. The van der Waals surface area contributed by atoms with Crippen LogP contribution in [0.3, 0.4) is 0 Å². The van der Waals surface area contributed by atoms with Crippen molar-refractivity contribution in [1.29, 1.82) is 0 Å². The lowest BCUT2D eigenvalue weighted by Gasteiger charge is -2.30. The van der Waals surface area contributed by atoms with Crippen LogP contribution in [0.25, 0.3) is 11.0 Å². The highest BCUT2D eigenvalue weighted by Crippen LogP contribution is 2.35. The minimum Gasteiger partial charge on any atom is -0.351 e. The minimum atomic E-state index is -3.25. The summed E-state index contributed by atoms with van der Waals surface area (Å²) in [5, 5.41) is 3.87. The Morgan fingerprint density at radius 3 is 2.61 bits per heavy atom. The third-order valence-corrected chi connectivity index (χ3v) is 7.20. The van der Waals surface area contributed by atoms with Gasteiger partial charge >= 0.3 is 0 Å². The van der Waals surface area contributed by atoms with Gasteiger partial charge in [0, 0.05) is 42.8 Å². The third-order valence-electron chi connectivity index (χ3n) is 5.90. The second-order valence-electron chi connectivity index (χ2n) is 7.88. The second kappa shape index (κ2) is 7.44. The first kappa shape index (κ1) is 18.1. The van der Waals surface area contributed by atoms with Crippen LogP contribution in [0.5, 0.6) is 0 Å². The maximum Gasteiger partial charge on any atom is 0.252 e. The summed E-state index contributed by atoms with van der Waals surface area (Å²) in [5.41, 5.74) is 0.522. The molecule has 0 unspecified atom stereocenters. The average molecular weight is 407 g/mol. The summed E-state index contributed by atoms with van der Waals surface area (Å²) >= 11 is 0. The normalized spacial score (nSPS) is 26.3. The fourth-order valence-electron chi connectivity index (χ4n) is 4.30. The number of sulfonamides is 1. The molecule has 2 aromatic rings. The van der Waals surface area contributed by atoms with Crippen molar-refractivity contribution in [2.24, 2.45) is 5.92 Å². The van der Waals surface area contributed by atoms with E-state index in [2.05, 4.69) is 22.2 Å². The van der Waals surface area contributed by atoms with Gasteiger partial charge in [-0.05, 0) is 37.7 Å². The number of pyridine rings is 1. The molecule has 2 aliphatic rings. The monoisotopic (exact) mass is 406 g/mol. The molecule has 9 heteroatoms. The highest BCUT2D eigenvalue weighted by atomic mass is 32.2. The lowest BCUT2D eigenvalue weighted by atomic mass is 10.1. The molecule has 28 heavy (non-hydrogen) atoms. The molecule has 1 saturated heterocycles. The number of nitrogens with one attached hydrogen (secondary N) is 1. The number of piperidine rings is 1. The lowest BCUT2D eigenvalue weighted by Crippen LogP contribution is -2.42. The van der Waals surface area contributed by atoms with Gasteiger partial charge in [0.1, 0.15) is 5.65 Å². The Hall–Kier alpha value is -2.00. The molecule has 3 heterocycles. The van der Waals surface area contributed by atoms with Crippen LogP contribution in [0, 0.1) is 5.92 Å². The number of aromatic nitrogens is 3. The molecule has 0 bridgehead atoms. The van der Waals surface area contributed by atoms with Crippen molar-refractivity contribution in [3.63, 3.8) is 0 Å². The van der Waals surface area contributed by atoms with Gasteiger partial charge in [-0.15, -0.1) is 0 Å². The molecule has 2 fully saturated rings. The molecule has 0 spiro atoms. The van der Waals surface area contributed by atoms with Crippen LogP contribution in [-0.2, 0) is 10.0 Å². The lowest BCUT2D eigenvalue weighted by molar-refractivity contribution is 0.331. The van der Waals surface area contributed by atoms with Crippen LogP contribution in [0.1, 0.15) is 46.4 Å². The summed E-state index contributed by atoms with van der Waals surface area (Å²) in [7, 11) is -3.25. The highest BCUT2D eigenvalue weighted by Gasteiger charge is 2.28. The number of fused-ring (bicyclic) bond motifs is 1. The molecule has 0 amide bonds. The SMILES string of the molecule is [2H]C1(Nc2ncc3ccc(=O)n([C@@H]4CCC[C@@H]4C)c3n2)CCN(S(C)(=O)=O)CC1. The van der Waals surface area contributed by atoms with Gasteiger partial charge in [-0.3, -0.25) is 9.36 Å². The van der Waals surface area contributed by atoms with E-state index in [9.17, 15) is 13.2 Å². The average Bonchev–Trinajstić information content (AvgIpc) is 3.06. The fraction of sp³-hybridized carbons (Fsp3) is 0.632. The molecule has 0 radical (unpaired) electrons. The Morgan fingerprint density at radius 2 is 1.96 bits per heavy atom. The quantitative estimate of drug-likeness (QED) is 0.834. The van der Waals surface area contributed by atoms with E-state index in [4.69, 9.17) is 1.37 Å². The van der Waals surface area contributed by atoms with Crippen molar-refractivity contribution in [3.05, 3.63) is 28.7 Å². The van der Waals surface area contributed by atoms with Gasteiger partial charge in [-0.2, -0.15) is 4.98 Å². The molecule has 1 saturated carbocycles. The smallest absolute Gasteiger partial charge is 0.252 e. The zero-order valence-electron chi connectivity index (χ0n) is 17.3. The van der Waals surface area contributed by atoms with Crippen molar-refractivity contribution >= 4 is 27.0 Å². The molecular weight excluding hydrogens is 378 g/mol. The van der Waals surface area contributed by atoms with Crippen molar-refractivity contribution < 1.29 is 9.79 Å². The van der Waals surface area contributed by atoms with Crippen LogP contribution in [0.4, 0.5) is 5.95 Å². The van der Waals surface area contributed by atoms with E-state index in [1.807, 2.05) is 0 Å². The van der Waals surface area contributed by atoms with Crippen molar-refractivity contribution in [1.82, 2.24) is 18.8 Å². The van der Waals surface area contributed by atoms with Gasteiger partial charge in [-0.1, -0.05) is 13.3 Å². The second-order valence-corrected chi connectivity index (χ2v) is 9.86. The summed E-state index contributed by atoms with van der Waals surface area (Å²) in [6.07, 6.45) is 6.68. The Kier molecular flexibility index (Phi) is 4.80. The first-order chi connectivity index (χ1) is 13.7. The summed E-state index contributed by atoms with van der Waals surface area (Å²) in [4.78, 5) is 21.6. The predicted molar refractivity (Wildman–Crippen MR) is 109 cm³/mol. The topological polar surface area (TPSA) is 97.2 Å². The molecule has 1 aliphatic carbocycles. The molecule has 152 valence electrons. The first-order valence-corrected chi connectivity index (χ1v) is 11.6. The van der Waals surface area contributed by atoms with Crippen molar-refractivity contribution in [2.75, 3.05) is 24.7 Å². The van der Waals surface area contributed by atoms with Crippen LogP contribution in [0.2, 0.25) is 0 Å². The van der Waals surface area contributed by atoms with Gasteiger partial charge in [0.25, 0.3) is 5.56 Å². The van der Waals surface area contributed by atoms with E-state index >= 15 is 0 Å². The molecule has 2 atom stereocenters. The number of rotatable bonds is 4. The standard InChI is InChI=1S/C19H27N5O3S/c1-13-4-3-5-16(13)24-17(25)7-6-14-12-20-19(22-18(14)24)21-15-8-10-23(11-9-15)28(2,26)27/h6-7,12-13,15-16H,3-5,8-11H2,1-2H3,(H,20,21,22)/t13-,16+/m0/s1/i15D. The van der Waals surface area contributed by atoms with Gasteiger partial charge in [0.15, 0.2) is 0 Å². The van der Waals surface area contributed by atoms with E-state index in [0.29, 0.717) is 30.4 Å². The molecule has 1 N–H and O–H groups in total. The van der Waals surface area contributed by atoms with Crippen LogP contribution in [0.15, 0.2) is 23.1 Å². The number of hydrogen-bond donors (Lipinski definition) is 1.